The third-order valence-corrected chi connectivity index (χ3v) is 4.52. The van der Waals surface area contributed by atoms with Gasteiger partial charge >= 0.3 is 0 Å². The number of carbonyl (C=O) groups is 1. The highest BCUT2D eigenvalue weighted by Gasteiger charge is 2.29. The highest BCUT2D eigenvalue weighted by molar-refractivity contribution is 7.86. The number of hydrogen-bond donors (Lipinski definition) is 2. The van der Waals surface area contributed by atoms with E-state index in [1.807, 2.05) is 30.3 Å². The van der Waals surface area contributed by atoms with Crippen molar-refractivity contribution in [1.82, 2.24) is 9.79 Å². The van der Waals surface area contributed by atoms with Crippen molar-refractivity contribution in [3.05, 3.63) is 35.9 Å². The van der Waals surface area contributed by atoms with E-state index in [9.17, 15) is 13.2 Å². The monoisotopic (exact) mass is 313 g/mol. The summed E-state index contributed by atoms with van der Waals surface area (Å²) in [6, 6.07) is 9.49. The topological polar surface area (TPSA) is 102 Å². The second-order valence-corrected chi connectivity index (χ2v) is 6.51. The molecule has 116 valence electrons. The van der Waals surface area contributed by atoms with Crippen molar-refractivity contribution in [3.8, 4) is 0 Å². The van der Waals surface area contributed by atoms with Crippen LogP contribution in [0, 0.1) is 5.92 Å². The SMILES string of the molecule is NS(=O)(=O)N1CCC(C(=O)NOCc2ccccc2)CC1. The van der Waals surface area contributed by atoms with Gasteiger partial charge in [-0.3, -0.25) is 9.63 Å². The van der Waals surface area contributed by atoms with Crippen LogP contribution in [0.1, 0.15) is 18.4 Å². The van der Waals surface area contributed by atoms with Crippen molar-refractivity contribution in [2.45, 2.75) is 19.4 Å². The van der Waals surface area contributed by atoms with Crippen molar-refractivity contribution in [2.75, 3.05) is 13.1 Å². The quantitative estimate of drug-likeness (QED) is 0.755. The molecule has 0 saturated carbocycles. The standard InChI is InChI=1S/C13H19N3O4S/c14-21(18,19)16-8-6-12(7-9-16)13(17)15-20-10-11-4-2-1-3-5-11/h1-5,12H,6-10H2,(H,15,17)(H2,14,18,19). The summed E-state index contributed by atoms with van der Waals surface area (Å²) in [5, 5.41) is 5.05. The second-order valence-electron chi connectivity index (χ2n) is 4.96. The molecule has 0 aliphatic carbocycles. The molecule has 3 N–H and O–H groups in total. The fraction of sp³-hybridized carbons (Fsp3) is 0.462. The number of hydroxylamine groups is 1. The van der Waals surface area contributed by atoms with Crippen LogP contribution in [0.2, 0.25) is 0 Å². The maximum absolute atomic E-state index is 11.9. The van der Waals surface area contributed by atoms with Crippen LogP contribution in [0.15, 0.2) is 30.3 Å². The Hall–Kier alpha value is -1.48. The van der Waals surface area contributed by atoms with Crippen molar-refractivity contribution in [2.24, 2.45) is 11.1 Å². The maximum atomic E-state index is 11.9. The third-order valence-electron chi connectivity index (χ3n) is 3.44. The Morgan fingerprint density at radius 2 is 1.90 bits per heavy atom. The summed E-state index contributed by atoms with van der Waals surface area (Å²) >= 11 is 0. The van der Waals surface area contributed by atoms with Gasteiger partial charge in [-0.1, -0.05) is 30.3 Å². The van der Waals surface area contributed by atoms with Gasteiger partial charge < -0.3 is 0 Å². The molecule has 1 fully saturated rings. The molecule has 0 spiro atoms. The maximum Gasteiger partial charge on any atom is 0.276 e. The van der Waals surface area contributed by atoms with Gasteiger partial charge in [0.15, 0.2) is 0 Å². The Bertz CT molecular complexity index is 568. The van der Waals surface area contributed by atoms with Crippen LogP contribution in [-0.2, 0) is 26.4 Å². The number of rotatable bonds is 5. The molecule has 1 aromatic rings. The van der Waals surface area contributed by atoms with Crippen LogP contribution in [0.4, 0.5) is 0 Å². The van der Waals surface area contributed by atoms with Crippen LogP contribution in [0.25, 0.3) is 0 Å². The lowest BCUT2D eigenvalue weighted by Crippen LogP contribution is -2.45. The molecule has 1 amide bonds. The fourth-order valence-electron chi connectivity index (χ4n) is 2.22. The lowest BCUT2D eigenvalue weighted by atomic mass is 9.98. The first-order valence-electron chi connectivity index (χ1n) is 6.70. The summed E-state index contributed by atoms with van der Waals surface area (Å²) in [4.78, 5) is 17.1. The highest BCUT2D eigenvalue weighted by atomic mass is 32.2. The zero-order valence-electron chi connectivity index (χ0n) is 11.6. The van der Waals surface area contributed by atoms with Gasteiger partial charge in [-0.05, 0) is 18.4 Å². The van der Waals surface area contributed by atoms with Gasteiger partial charge in [0.2, 0.25) is 5.91 Å². The molecule has 0 bridgehead atoms. The summed E-state index contributed by atoms with van der Waals surface area (Å²) < 4.78 is 23.5. The minimum absolute atomic E-state index is 0.222. The number of piperidine rings is 1. The molecule has 7 nitrogen and oxygen atoms in total. The van der Waals surface area contributed by atoms with Crippen molar-refractivity contribution >= 4 is 16.1 Å². The largest absolute Gasteiger partial charge is 0.276 e. The predicted molar refractivity (Wildman–Crippen MR) is 76.8 cm³/mol. The average molecular weight is 313 g/mol. The van der Waals surface area contributed by atoms with E-state index in [0.717, 1.165) is 5.56 Å². The van der Waals surface area contributed by atoms with Gasteiger partial charge in [0.1, 0.15) is 0 Å². The van der Waals surface area contributed by atoms with Crippen molar-refractivity contribution < 1.29 is 18.0 Å². The number of nitrogens with two attached hydrogens (primary N) is 1. The zero-order valence-corrected chi connectivity index (χ0v) is 12.4. The van der Waals surface area contributed by atoms with Crippen LogP contribution in [0.3, 0.4) is 0 Å². The van der Waals surface area contributed by atoms with Gasteiger partial charge in [-0.25, -0.2) is 10.6 Å². The summed E-state index contributed by atoms with van der Waals surface area (Å²) in [7, 11) is -3.66. The first-order valence-corrected chi connectivity index (χ1v) is 8.20. The zero-order chi connectivity index (χ0) is 15.3. The number of benzene rings is 1. The molecule has 0 unspecified atom stereocenters. The van der Waals surface area contributed by atoms with Crippen LogP contribution < -0.4 is 10.6 Å². The molecular formula is C13H19N3O4S. The molecule has 1 heterocycles. The Morgan fingerprint density at radius 1 is 1.29 bits per heavy atom. The first kappa shape index (κ1) is 15.9. The highest BCUT2D eigenvalue weighted by Crippen LogP contribution is 2.18. The molecule has 1 saturated heterocycles. The molecule has 21 heavy (non-hydrogen) atoms. The second kappa shape index (κ2) is 6.99. The van der Waals surface area contributed by atoms with Crippen LogP contribution in [0.5, 0.6) is 0 Å². The van der Waals surface area contributed by atoms with E-state index in [-0.39, 0.29) is 24.9 Å². The smallest absolute Gasteiger partial charge is 0.272 e. The van der Waals surface area contributed by atoms with Gasteiger partial charge in [0.05, 0.1) is 6.61 Å². The Labute approximate surface area is 124 Å². The van der Waals surface area contributed by atoms with E-state index >= 15 is 0 Å². The number of nitrogens with one attached hydrogen (secondary N) is 1. The molecule has 1 aliphatic heterocycles. The minimum Gasteiger partial charge on any atom is -0.272 e. The van der Waals surface area contributed by atoms with Gasteiger partial charge in [-0.15, -0.1) is 0 Å². The Balaban J connectivity index is 1.73. The molecule has 0 aromatic heterocycles. The number of amides is 1. The summed E-state index contributed by atoms with van der Waals surface area (Å²) in [5.41, 5.74) is 3.38. The lowest BCUT2D eigenvalue weighted by molar-refractivity contribution is -0.140. The normalized spacial score (nSPS) is 17.6. The number of carbonyl (C=O) groups excluding carboxylic acids is 1. The fourth-order valence-corrected chi connectivity index (χ4v) is 2.94. The van der Waals surface area contributed by atoms with Crippen molar-refractivity contribution in [1.29, 1.82) is 0 Å². The lowest BCUT2D eigenvalue weighted by Gasteiger charge is -2.28. The van der Waals surface area contributed by atoms with E-state index in [2.05, 4.69) is 5.48 Å². The molecule has 2 rings (SSSR count). The summed E-state index contributed by atoms with van der Waals surface area (Å²) in [6.07, 6.45) is 0.883. The molecule has 1 aromatic carbocycles. The minimum atomic E-state index is -3.66. The predicted octanol–water partition coefficient (Wildman–Crippen LogP) is 0.150. The molecule has 0 radical (unpaired) electrons. The number of hydrogen-bond acceptors (Lipinski definition) is 4. The third kappa shape index (κ3) is 4.78. The van der Waals surface area contributed by atoms with E-state index in [1.54, 1.807) is 0 Å². The Morgan fingerprint density at radius 3 is 2.48 bits per heavy atom. The molecular weight excluding hydrogens is 294 g/mol. The van der Waals surface area contributed by atoms with E-state index in [0.29, 0.717) is 19.4 Å². The van der Waals surface area contributed by atoms with Gasteiger partial charge in [-0.2, -0.15) is 12.7 Å². The summed E-state index contributed by atoms with van der Waals surface area (Å²) in [5.74, 6) is -0.473. The van der Waals surface area contributed by atoms with E-state index < -0.39 is 10.2 Å². The molecule has 1 aliphatic rings. The average Bonchev–Trinajstić information content (AvgIpc) is 2.47. The van der Waals surface area contributed by atoms with Gasteiger partial charge in [0, 0.05) is 19.0 Å². The summed E-state index contributed by atoms with van der Waals surface area (Å²) in [6.45, 7) is 0.813. The van der Waals surface area contributed by atoms with Gasteiger partial charge in [0.25, 0.3) is 10.2 Å². The van der Waals surface area contributed by atoms with Crippen LogP contribution >= 0.6 is 0 Å². The first-order chi connectivity index (χ1) is 9.97. The van der Waals surface area contributed by atoms with Crippen LogP contribution in [-0.4, -0.2) is 31.7 Å². The van der Waals surface area contributed by atoms with E-state index in [1.165, 1.54) is 4.31 Å². The molecule has 8 heteroatoms. The molecule has 0 atom stereocenters. The van der Waals surface area contributed by atoms with E-state index in [4.69, 9.17) is 9.98 Å². The van der Waals surface area contributed by atoms with Crippen molar-refractivity contribution in [3.63, 3.8) is 0 Å². The Kier molecular flexibility index (Phi) is 5.29. The number of nitrogens with zero attached hydrogens (tertiary/aromatic N) is 1.